The Morgan fingerprint density at radius 3 is 2.53 bits per heavy atom. The highest BCUT2D eigenvalue weighted by atomic mass is 19.4. The second-order valence-corrected chi connectivity index (χ2v) is 4.13. The van der Waals surface area contributed by atoms with Gasteiger partial charge in [0.15, 0.2) is 5.84 Å². The third-order valence-corrected chi connectivity index (χ3v) is 2.69. The number of halogens is 3. The van der Waals surface area contributed by atoms with Gasteiger partial charge in [0, 0.05) is 24.8 Å². The highest BCUT2D eigenvalue weighted by Gasteiger charge is 2.34. The maximum absolute atomic E-state index is 12.8. The number of rotatable bonds is 4. The Bertz CT molecular complexity index is 472. The number of hydrogen-bond acceptors (Lipinski definition) is 3. The molecule has 7 heteroatoms. The van der Waals surface area contributed by atoms with Crippen molar-refractivity contribution in [3.8, 4) is 0 Å². The van der Waals surface area contributed by atoms with E-state index in [0.29, 0.717) is 12.2 Å². The molecule has 0 aliphatic heterocycles. The van der Waals surface area contributed by atoms with E-state index in [2.05, 4.69) is 5.16 Å². The summed E-state index contributed by atoms with van der Waals surface area (Å²) in [5.74, 6) is -0.556. The maximum Gasteiger partial charge on any atom is 0.417 e. The van der Waals surface area contributed by atoms with Crippen LogP contribution >= 0.6 is 0 Å². The van der Waals surface area contributed by atoms with E-state index in [9.17, 15) is 13.2 Å². The normalized spacial score (nSPS) is 12.6. The fourth-order valence-corrected chi connectivity index (χ4v) is 1.75. The van der Waals surface area contributed by atoms with Crippen LogP contribution in [0.4, 0.5) is 18.9 Å². The van der Waals surface area contributed by atoms with Gasteiger partial charge in [-0.1, -0.05) is 12.1 Å². The molecule has 0 unspecified atom stereocenters. The van der Waals surface area contributed by atoms with Gasteiger partial charge in [0.1, 0.15) is 0 Å². The van der Waals surface area contributed by atoms with Gasteiger partial charge in [-0.05, 0) is 24.6 Å². The van der Waals surface area contributed by atoms with Crippen molar-refractivity contribution in [2.75, 3.05) is 18.5 Å². The van der Waals surface area contributed by atoms with Crippen LogP contribution < -0.4 is 10.6 Å². The van der Waals surface area contributed by atoms with Crippen molar-refractivity contribution in [3.05, 3.63) is 29.3 Å². The minimum absolute atomic E-state index is 0.324. The average Bonchev–Trinajstić information content (AvgIpc) is 2.36. The first-order valence-corrected chi connectivity index (χ1v) is 5.71. The van der Waals surface area contributed by atoms with Gasteiger partial charge in [-0.15, -0.1) is 0 Å². The van der Waals surface area contributed by atoms with E-state index in [4.69, 9.17) is 10.9 Å². The molecule has 0 fully saturated rings. The molecule has 0 aliphatic rings. The molecular formula is C12H16F3N3O. The zero-order chi connectivity index (χ0) is 14.6. The van der Waals surface area contributed by atoms with Crippen molar-refractivity contribution in [2.45, 2.75) is 19.5 Å². The Hall–Kier alpha value is -1.92. The van der Waals surface area contributed by atoms with E-state index in [0.717, 1.165) is 12.5 Å². The molecule has 4 nitrogen and oxygen atoms in total. The van der Waals surface area contributed by atoms with E-state index in [1.54, 1.807) is 11.9 Å². The maximum atomic E-state index is 12.8. The molecular weight excluding hydrogens is 259 g/mol. The SMILES string of the molecule is CCCN(C)c1ccc(C(F)(F)F)c(/C(N)=N/O)c1. The summed E-state index contributed by atoms with van der Waals surface area (Å²) in [7, 11) is 1.77. The van der Waals surface area contributed by atoms with Crippen molar-refractivity contribution in [3.63, 3.8) is 0 Å². The molecule has 0 spiro atoms. The van der Waals surface area contributed by atoms with Crippen molar-refractivity contribution >= 4 is 11.5 Å². The Kier molecular flexibility index (Phi) is 4.63. The van der Waals surface area contributed by atoms with Gasteiger partial charge in [0.25, 0.3) is 0 Å². The van der Waals surface area contributed by atoms with Crippen LogP contribution in [0.15, 0.2) is 23.4 Å². The number of amidine groups is 1. The first-order valence-electron chi connectivity index (χ1n) is 5.71. The number of benzene rings is 1. The molecule has 0 heterocycles. The summed E-state index contributed by atoms with van der Waals surface area (Å²) in [6.45, 7) is 2.66. The zero-order valence-electron chi connectivity index (χ0n) is 10.7. The number of hydrogen-bond donors (Lipinski definition) is 2. The van der Waals surface area contributed by atoms with Crippen molar-refractivity contribution in [1.82, 2.24) is 0 Å². The van der Waals surface area contributed by atoms with Gasteiger partial charge in [-0.3, -0.25) is 0 Å². The van der Waals surface area contributed by atoms with Crippen molar-refractivity contribution in [2.24, 2.45) is 10.9 Å². The Morgan fingerprint density at radius 2 is 2.05 bits per heavy atom. The summed E-state index contributed by atoms with van der Waals surface area (Å²) in [6, 6.07) is 3.58. The summed E-state index contributed by atoms with van der Waals surface area (Å²) in [5.41, 5.74) is 4.65. The summed E-state index contributed by atoms with van der Waals surface area (Å²) in [6.07, 6.45) is -3.69. The minimum atomic E-state index is -4.55. The molecule has 1 rings (SSSR count). The van der Waals surface area contributed by atoms with Crippen molar-refractivity contribution in [1.29, 1.82) is 0 Å². The molecule has 3 N–H and O–H groups in total. The van der Waals surface area contributed by atoms with E-state index in [-0.39, 0.29) is 5.56 Å². The van der Waals surface area contributed by atoms with Crippen LogP contribution in [-0.2, 0) is 6.18 Å². The summed E-state index contributed by atoms with van der Waals surface area (Å²) in [4.78, 5) is 1.80. The monoisotopic (exact) mass is 275 g/mol. The smallest absolute Gasteiger partial charge is 0.409 e. The molecule has 19 heavy (non-hydrogen) atoms. The Labute approximate surface area is 109 Å². The molecule has 1 aromatic carbocycles. The molecule has 0 aliphatic carbocycles. The standard InChI is InChI=1S/C12H16F3N3O/c1-3-6-18(2)8-4-5-10(12(13,14)15)9(7-8)11(16)17-19/h4-5,7,19H,3,6H2,1-2H3,(H2,16,17). The number of alkyl halides is 3. The number of oxime groups is 1. The predicted octanol–water partition coefficient (Wildman–Crippen LogP) is 2.65. The first-order chi connectivity index (χ1) is 8.81. The van der Waals surface area contributed by atoms with Crippen LogP contribution in [0.3, 0.4) is 0 Å². The van der Waals surface area contributed by atoms with Gasteiger partial charge in [0.2, 0.25) is 0 Å². The predicted molar refractivity (Wildman–Crippen MR) is 67.5 cm³/mol. The molecule has 0 aromatic heterocycles. The third kappa shape index (κ3) is 3.52. The van der Waals surface area contributed by atoms with Gasteiger partial charge in [-0.2, -0.15) is 13.2 Å². The zero-order valence-corrected chi connectivity index (χ0v) is 10.7. The van der Waals surface area contributed by atoms with Gasteiger partial charge < -0.3 is 15.8 Å². The minimum Gasteiger partial charge on any atom is -0.409 e. The Morgan fingerprint density at radius 1 is 1.42 bits per heavy atom. The van der Waals surface area contributed by atoms with E-state index in [1.807, 2.05) is 6.92 Å². The molecule has 106 valence electrons. The lowest BCUT2D eigenvalue weighted by Crippen LogP contribution is -2.23. The third-order valence-electron chi connectivity index (χ3n) is 2.69. The lowest BCUT2D eigenvalue weighted by atomic mass is 10.0. The average molecular weight is 275 g/mol. The summed E-state index contributed by atoms with van der Waals surface area (Å²) < 4.78 is 38.5. The number of anilines is 1. The fraction of sp³-hybridized carbons (Fsp3) is 0.417. The fourth-order valence-electron chi connectivity index (χ4n) is 1.75. The van der Waals surface area contributed by atoms with Crippen LogP contribution in [0.5, 0.6) is 0 Å². The van der Waals surface area contributed by atoms with Gasteiger partial charge in [-0.25, -0.2) is 0 Å². The molecule has 0 bridgehead atoms. The molecule has 0 saturated carbocycles. The molecule has 1 aromatic rings. The number of nitrogens with zero attached hydrogens (tertiary/aromatic N) is 2. The molecule has 0 amide bonds. The molecule has 0 radical (unpaired) electrons. The van der Waals surface area contributed by atoms with Crippen LogP contribution in [0.25, 0.3) is 0 Å². The lowest BCUT2D eigenvalue weighted by molar-refractivity contribution is -0.137. The first kappa shape index (κ1) is 15.1. The summed E-state index contributed by atoms with van der Waals surface area (Å²) in [5, 5.41) is 11.2. The van der Waals surface area contributed by atoms with E-state index < -0.39 is 17.6 Å². The largest absolute Gasteiger partial charge is 0.417 e. The second-order valence-electron chi connectivity index (χ2n) is 4.13. The lowest BCUT2D eigenvalue weighted by Gasteiger charge is -2.21. The summed E-state index contributed by atoms with van der Waals surface area (Å²) >= 11 is 0. The highest BCUT2D eigenvalue weighted by Crippen LogP contribution is 2.33. The van der Waals surface area contributed by atoms with E-state index in [1.165, 1.54) is 12.1 Å². The van der Waals surface area contributed by atoms with Gasteiger partial charge >= 0.3 is 6.18 Å². The molecule has 0 atom stereocenters. The topological polar surface area (TPSA) is 61.8 Å². The van der Waals surface area contributed by atoms with Gasteiger partial charge in [0.05, 0.1) is 5.56 Å². The molecule has 0 saturated heterocycles. The highest BCUT2D eigenvalue weighted by molar-refractivity contribution is 5.99. The Balaban J connectivity index is 3.31. The number of nitrogens with two attached hydrogens (primary N) is 1. The van der Waals surface area contributed by atoms with Crippen LogP contribution in [0.1, 0.15) is 24.5 Å². The van der Waals surface area contributed by atoms with Crippen LogP contribution in [-0.4, -0.2) is 24.6 Å². The van der Waals surface area contributed by atoms with E-state index >= 15 is 0 Å². The van der Waals surface area contributed by atoms with Crippen LogP contribution in [0, 0.1) is 0 Å². The second kappa shape index (κ2) is 5.81. The van der Waals surface area contributed by atoms with Crippen molar-refractivity contribution < 1.29 is 18.4 Å². The van der Waals surface area contributed by atoms with Crippen LogP contribution in [0.2, 0.25) is 0 Å². The quantitative estimate of drug-likeness (QED) is 0.384.